The van der Waals surface area contributed by atoms with E-state index in [2.05, 4.69) is 36.4 Å². The Kier molecular flexibility index (Phi) is 6.99. The zero-order chi connectivity index (χ0) is 18.2. The van der Waals surface area contributed by atoms with Crippen LogP contribution in [-0.2, 0) is 6.67 Å². The molecule has 1 aliphatic rings. The second-order valence-electron chi connectivity index (χ2n) is 7.32. The summed E-state index contributed by atoms with van der Waals surface area (Å²) in [6.45, 7) is -0.625. The summed E-state index contributed by atoms with van der Waals surface area (Å²) in [5.74, 6) is 1.31. The van der Waals surface area contributed by atoms with Gasteiger partial charge in [0.05, 0.1) is 6.67 Å². The summed E-state index contributed by atoms with van der Waals surface area (Å²) in [5, 5.41) is 0. The molecule has 0 bridgehead atoms. The van der Waals surface area contributed by atoms with Crippen molar-refractivity contribution in [3.05, 3.63) is 71.8 Å². The fourth-order valence-corrected chi connectivity index (χ4v) is 3.86. The molecule has 0 saturated heterocycles. The Hall–Kier alpha value is -1.96. The van der Waals surface area contributed by atoms with E-state index >= 15 is 0 Å². The number of alkyl halides is 2. The van der Waals surface area contributed by atoms with Crippen molar-refractivity contribution in [3.63, 3.8) is 0 Å². The summed E-state index contributed by atoms with van der Waals surface area (Å²) in [5.41, 5.74) is 4.47. The van der Waals surface area contributed by atoms with Crippen molar-refractivity contribution in [2.75, 3.05) is 6.67 Å². The van der Waals surface area contributed by atoms with E-state index in [4.69, 9.17) is 0 Å². The lowest BCUT2D eigenvalue weighted by atomic mass is 9.78. The Morgan fingerprint density at radius 1 is 0.808 bits per heavy atom. The highest BCUT2D eigenvalue weighted by molar-refractivity contribution is 5.64. The van der Waals surface area contributed by atoms with E-state index in [1.165, 1.54) is 36.8 Å². The van der Waals surface area contributed by atoms with E-state index in [0.29, 0.717) is 18.3 Å². The third-order valence-corrected chi connectivity index (χ3v) is 5.51. The van der Waals surface area contributed by atoms with Crippen LogP contribution in [0.3, 0.4) is 0 Å². The predicted molar refractivity (Wildman–Crippen MR) is 106 cm³/mol. The molecule has 26 heavy (non-hydrogen) atoms. The monoisotopic (exact) mass is 354 g/mol. The number of unbranched alkanes of at least 4 members (excludes halogenated alkanes) is 1. The zero-order valence-electron chi connectivity index (χ0n) is 15.3. The normalized spacial score (nSPS) is 20.5. The Morgan fingerprint density at radius 2 is 1.42 bits per heavy atom. The molecule has 0 nitrogen and oxygen atoms in total. The molecule has 2 heteroatoms. The molecule has 1 fully saturated rings. The molecule has 0 radical (unpaired) electrons. The standard InChI is InChI=1S/C24H28F2/c25-17-3-1-2-4-19-5-9-21(10-6-19)23-13-15-24(16-14-23)22-11-7-20(18-26)8-12-22/h2,4,7-8,11-16,19,21H,1,3,5-6,9-10,17-18H2/t19-,21-. The second kappa shape index (κ2) is 9.66. The van der Waals surface area contributed by atoms with Crippen LogP contribution >= 0.6 is 0 Å². The number of rotatable bonds is 7. The first-order valence-corrected chi connectivity index (χ1v) is 9.78. The summed E-state index contributed by atoms with van der Waals surface area (Å²) in [4.78, 5) is 0. The predicted octanol–water partition coefficient (Wildman–Crippen LogP) is 7.40. The van der Waals surface area contributed by atoms with Crippen LogP contribution in [0.1, 0.15) is 55.6 Å². The maximum absolute atomic E-state index is 12.6. The molecule has 0 aliphatic heterocycles. The van der Waals surface area contributed by atoms with Gasteiger partial charge in [-0.3, -0.25) is 4.39 Å². The maximum Gasteiger partial charge on any atom is 0.115 e. The van der Waals surface area contributed by atoms with Crippen LogP contribution in [0, 0.1) is 5.92 Å². The smallest absolute Gasteiger partial charge is 0.115 e. The van der Waals surface area contributed by atoms with Crippen LogP contribution in [-0.4, -0.2) is 6.67 Å². The van der Waals surface area contributed by atoms with E-state index < -0.39 is 6.67 Å². The lowest BCUT2D eigenvalue weighted by Gasteiger charge is -2.27. The average molecular weight is 354 g/mol. The fraction of sp³-hybridized carbons (Fsp3) is 0.417. The first-order chi connectivity index (χ1) is 12.8. The molecule has 138 valence electrons. The Balaban J connectivity index is 1.55. The lowest BCUT2D eigenvalue weighted by molar-refractivity contribution is 0.375. The van der Waals surface area contributed by atoms with Crippen LogP contribution in [0.2, 0.25) is 0 Å². The van der Waals surface area contributed by atoms with Crippen molar-refractivity contribution in [2.45, 2.75) is 51.1 Å². The van der Waals surface area contributed by atoms with Crippen molar-refractivity contribution < 1.29 is 8.78 Å². The molecular weight excluding hydrogens is 326 g/mol. The summed E-state index contributed by atoms with van der Waals surface area (Å²) in [7, 11) is 0. The minimum Gasteiger partial charge on any atom is -0.251 e. The molecule has 2 aromatic carbocycles. The first kappa shape index (κ1) is 18.8. The fourth-order valence-electron chi connectivity index (χ4n) is 3.86. The van der Waals surface area contributed by atoms with E-state index in [0.717, 1.165) is 17.5 Å². The first-order valence-electron chi connectivity index (χ1n) is 9.78. The quantitative estimate of drug-likeness (QED) is 0.359. The molecular formula is C24H28F2. The van der Waals surface area contributed by atoms with Gasteiger partial charge in [-0.15, -0.1) is 0 Å². The molecule has 0 heterocycles. The molecule has 0 aromatic heterocycles. The Bertz CT molecular complexity index is 677. The summed E-state index contributed by atoms with van der Waals surface area (Å²) in [6.07, 6.45) is 10.9. The number of benzene rings is 2. The van der Waals surface area contributed by atoms with Crippen LogP contribution in [0.4, 0.5) is 8.78 Å². The van der Waals surface area contributed by atoms with E-state index in [1.54, 1.807) is 0 Å². The average Bonchev–Trinajstić information content (AvgIpc) is 2.72. The highest BCUT2D eigenvalue weighted by Crippen LogP contribution is 2.37. The molecule has 1 saturated carbocycles. The van der Waals surface area contributed by atoms with E-state index in [-0.39, 0.29) is 6.67 Å². The minimum absolute atomic E-state index is 0.215. The Morgan fingerprint density at radius 3 is 2.00 bits per heavy atom. The number of allylic oxidation sites excluding steroid dienone is 2. The van der Waals surface area contributed by atoms with Crippen molar-refractivity contribution in [1.29, 1.82) is 0 Å². The topological polar surface area (TPSA) is 0 Å². The van der Waals surface area contributed by atoms with Gasteiger partial charge in [0, 0.05) is 0 Å². The zero-order valence-corrected chi connectivity index (χ0v) is 15.3. The van der Waals surface area contributed by atoms with Crippen LogP contribution < -0.4 is 0 Å². The van der Waals surface area contributed by atoms with Gasteiger partial charge in [-0.05, 0) is 72.6 Å². The van der Waals surface area contributed by atoms with Crippen molar-refractivity contribution >= 4 is 0 Å². The third kappa shape index (κ3) is 5.03. The van der Waals surface area contributed by atoms with Gasteiger partial charge in [-0.1, -0.05) is 60.7 Å². The minimum atomic E-state index is -0.410. The van der Waals surface area contributed by atoms with E-state index in [1.807, 2.05) is 24.3 Å². The highest BCUT2D eigenvalue weighted by atomic mass is 19.1. The molecule has 0 spiro atoms. The molecule has 0 N–H and O–H groups in total. The van der Waals surface area contributed by atoms with Crippen molar-refractivity contribution in [3.8, 4) is 11.1 Å². The van der Waals surface area contributed by atoms with Gasteiger partial charge in [0.25, 0.3) is 0 Å². The highest BCUT2D eigenvalue weighted by Gasteiger charge is 2.20. The summed E-state index contributed by atoms with van der Waals surface area (Å²) >= 11 is 0. The van der Waals surface area contributed by atoms with E-state index in [9.17, 15) is 8.78 Å². The molecule has 0 unspecified atom stereocenters. The molecule has 3 rings (SSSR count). The van der Waals surface area contributed by atoms with Crippen LogP contribution in [0.25, 0.3) is 11.1 Å². The van der Waals surface area contributed by atoms with Gasteiger partial charge >= 0.3 is 0 Å². The van der Waals surface area contributed by atoms with Gasteiger partial charge in [0.2, 0.25) is 0 Å². The van der Waals surface area contributed by atoms with Gasteiger partial charge in [-0.2, -0.15) is 0 Å². The molecule has 0 amide bonds. The SMILES string of the molecule is FCCCC=C[C@H]1CC[C@H](c2ccc(-c3ccc(CF)cc3)cc2)CC1. The largest absolute Gasteiger partial charge is 0.251 e. The van der Waals surface area contributed by atoms with Crippen LogP contribution in [0.15, 0.2) is 60.7 Å². The van der Waals surface area contributed by atoms with Gasteiger partial charge < -0.3 is 0 Å². The number of hydrogen-bond acceptors (Lipinski definition) is 0. The second-order valence-corrected chi connectivity index (χ2v) is 7.32. The van der Waals surface area contributed by atoms with Crippen LogP contribution in [0.5, 0.6) is 0 Å². The summed E-state index contributed by atoms with van der Waals surface area (Å²) < 4.78 is 24.7. The van der Waals surface area contributed by atoms with Gasteiger partial charge in [0.15, 0.2) is 0 Å². The molecule has 1 aliphatic carbocycles. The summed E-state index contributed by atoms with van der Waals surface area (Å²) in [6, 6.07) is 16.6. The third-order valence-electron chi connectivity index (χ3n) is 5.51. The van der Waals surface area contributed by atoms with Crippen molar-refractivity contribution in [1.82, 2.24) is 0 Å². The molecule has 2 aromatic rings. The maximum atomic E-state index is 12.6. The van der Waals surface area contributed by atoms with Crippen molar-refractivity contribution in [2.24, 2.45) is 5.92 Å². The molecule has 0 atom stereocenters. The van der Waals surface area contributed by atoms with Gasteiger partial charge in [0.1, 0.15) is 6.67 Å². The Labute approximate surface area is 156 Å². The lowest BCUT2D eigenvalue weighted by Crippen LogP contribution is -2.11. The number of halogens is 2. The number of hydrogen-bond donors (Lipinski definition) is 0. The van der Waals surface area contributed by atoms with Gasteiger partial charge in [-0.25, -0.2) is 4.39 Å².